The standard InChI is InChI=1S/C29H27F3N2O2/c1-2-15-36-20-13-11-18(12-14-20)19-16-25-27(26(35)17-19)28(34-24-10-6-5-9-23(24)33-25)21-7-3-4-8-22(21)29(30,31)32/h3-14,19,28,33-34H,2,15-17H2,1H3. The lowest BCUT2D eigenvalue weighted by Crippen LogP contribution is -2.28. The highest BCUT2D eigenvalue weighted by molar-refractivity contribution is 6.01. The monoisotopic (exact) mass is 492 g/mol. The van der Waals surface area contributed by atoms with Gasteiger partial charge in [-0.05, 0) is 60.2 Å². The molecule has 186 valence electrons. The highest BCUT2D eigenvalue weighted by atomic mass is 19.4. The number of halogens is 3. The smallest absolute Gasteiger partial charge is 0.416 e. The molecule has 0 amide bonds. The number of carbonyl (C=O) groups is 1. The maximum atomic E-state index is 14.0. The van der Waals surface area contributed by atoms with E-state index in [0.29, 0.717) is 30.0 Å². The fourth-order valence-corrected chi connectivity index (χ4v) is 5.02. The Morgan fingerprint density at radius 2 is 1.61 bits per heavy atom. The Bertz CT molecular complexity index is 1300. The van der Waals surface area contributed by atoms with Gasteiger partial charge in [0.1, 0.15) is 5.75 Å². The van der Waals surface area contributed by atoms with E-state index in [1.165, 1.54) is 12.1 Å². The van der Waals surface area contributed by atoms with Crippen molar-refractivity contribution >= 4 is 17.2 Å². The highest BCUT2D eigenvalue weighted by Gasteiger charge is 2.40. The molecule has 0 saturated heterocycles. The van der Waals surface area contributed by atoms with E-state index in [4.69, 9.17) is 4.74 Å². The number of alkyl halides is 3. The molecular weight excluding hydrogens is 465 g/mol. The third-order valence-corrected chi connectivity index (χ3v) is 6.71. The summed E-state index contributed by atoms with van der Waals surface area (Å²) >= 11 is 0. The summed E-state index contributed by atoms with van der Waals surface area (Å²) in [4.78, 5) is 13.6. The topological polar surface area (TPSA) is 50.4 Å². The lowest BCUT2D eigenvalue weighted by molar-refractivity contribution is -0.138. The molecule has 0 radical (unpaired) electrons. The van der Waals surface area contributed by atoms with Gasteiger partial charge in [0.15, 0.2) is 5.78 Å². The molecule has 2 unspecified atom stereocenters. The molecule has 2 N–H and O–H groups in total. The van der Waals surface area contributed by atoms with Gasteiger partial charge < -0.3 is 15.4 Å². The first-order valence-corrected chi connectivity index (χ1v) is 12.1. The number of para-hydroxylation sites is 2. The van der Waals surface area contributed by atoms with Gasteiger partial charge in [0.25, 0.3) is 0 Å². The van der Waals surface area contributed by atoms with Gasteiger partial charge in [-0.15, -0.1) is 0 Å². The number of benzene rings is 3. The van der Waals surface area contributed by atoms with Gasteiger partial charge in [0.2, 0.25) is 0 Å². The molecule has 3 aromatic rings. The van der Waals surface area contributed by atoms with Gasteiger partial charge in [-0.25, -0.2) is 0 Å². The number of allylic oxidation sites excluding steroid dienone is 1. The molecule has 4 nitrogen and oxygen atoms in total. The van der Waals surface area contributed by atoms with Crippen LogP contribution in [0.1, 0.15) is 54.8 Å². The first-order valence-electron chi connectivity index (χ1n) is 12.1. The van der Waals surface area contributed by atoms with E-state index in [9.17, 15) is 18.0 Å². The molecule has 1 aliphatic heterocycles. The van der Waals surface area contributed by atoms with Gasteiger partial charge in [-0.3, -0.25) is 4.79 Å². The van der Waals surface area contributed by atoms with Crippen molar-refractivity contribution in [2.24, 2.45) is 0 Å². The number of anilines is 2. The van der Waals surface area contributed by atoms with Crippen LogP contribution >= 0.6 is 0 Å². The predicted octanol–water partition coefficient (Wildman–Crippen LogP) is 7.47. The van der Waals surface area contributed by atoms with Gasteiger partial charge in [0.05, 0.1) is 29.6 Å². The van der Waals surface area contributed by atoms with Crippen LogP contribution in [0.4, 0.5) is 24.5 Å². The fourth-order valence-electron chi connectivity index (χ4n) is 5.02. The molecule has 0 bridgehead atoms. The SMILES string of the molecule is CCCOc1ccc(C2CC(=O)C3=C(C2)Nc2ccccc2NC3c2ccccc2C(F)(F)F)cc1. The predicted molar refractivity (Wildman–Crippen MR) is 134 cm³/mol. The minimum atomic E-state index is -4.54. The van der Waals surface area contributed by atoms with Gasteiger partial charge in [0, 0.05) is 17.7 Å². The molecule has 3 aromatic carbocycles. The Morgan fingerprint density at radius 3 is 2.33 bits per heavy atom. The largest absolute Gasteiger partial charge is 0.494 e. The minimum absolute atomic E-state index is 0.0419. The van der Waals surface area contributed by atoms with Crippen molar-refractivity contribution in [2.75, 3.05) is 17.2 Å². The zero-order valence-corrected chi connectivity index (χ0v) is 19.9. The molecule has 5 rings (SSSR count). The number of ketones is 1. The maximum Gasteiger partial charge on any atom is 0.416 e. The van der Waals surface area contributed by atoms with Crippen molar-refractivity contribution in [1.29, 1.82) is 0 Å². The average molecular weight is 493 g/mol. The van der Waals surface area contributed by atoms with Crippen LogP contribution in [0.5, 0.6) is 5.75 Å². The van der Waals surface area contributed by atoms with Crippen molar-refractivity contribution in [2.45, 2.75) is 44.3 Å². The fraction of sp³-hybridized carbons (Fsp3) is 0.276. The lowest BCUT2D eigenvalue weighted by Gasteiger charge is -2.31. The molecule has 2 aliphatic rings. The molecular formula is C29H27F3N2O2. The number of carbonyl (C=O) groups excluding carboxylic acids is 1. The van der Waals surface area contributed by atoms with Crippen molar-refractivity contribution < 1.29 is 22.7 Å². The highest BCUT2D eigenvalue weighted by Crippen LogP contribution is 2.46. The van der Waals surface area contributed by atoms with E-state index in [-0.39, 0.29) is 23.7 Å². The minimum Gasteiger partial charge on any atom is -0.494 e. The number of ether oxygens (including phenoxy) is 1. The zero-order chi connectivity index (χ0) is 25.3. The zero-order valence-electron chi connectivity index (χ0n) is 19.9. The summed E-state index contributed by atoms with van der Waals surface area (Å²) in [5, 5.41) is 6.62. The van der Waals surface area contributed by atoms with E-state index < -0.39 is 17.8 Å². The second kappa shape index (κ2) is 9.72. The Morgan fingerprint density at radius 1 is 0.917 bits per heavy atom. The van der Waals surface area contributed by atoms with Gasteiger partial charge in [-0.1, -0.05) is 49.4 Å². The van der Waals surface area contributed by atoms with E-state index >= 15 is 0 Å². The molecule has 36 heavy (non-hydrogen) atoms. The van der Waals surface area contributed by atoms with Gasteiger partial charge >= 0.3 is 6.18 Å². The normalized spacial score (nSPS) is 19.5. The number of nitrogens with one attached hydrogen (secondary N) is 2. The molecule has 0 aromatic heterocycles. The number of Topliss-reactive ketones (excluding diaryl/α,β-unsaturated/α-hetero) is 1. The number of fused-ring (bicyclic) bond motifs is 1. The Hall–Kier alpha value is -3.74. The van der Waals surface area contributed by atoms with Gasteiger partial charge in [-0.2, -0.15) is 13.2 Å². The van der Waals surface area contributed by atoms with Crippen molar-refractivity contribution in [3.05, 3.63) is 101 Å². The summed E-state index contributed by atoms with van der Waals surface area (Å²) in [6, 6.07) is 19.6. The van der Waals surface area contributed by atoms with Crippen molar-refractivity contribution in [3.63, 3.8) is 0 Å². The molecule has 1 heterocycles. The van der Waals surface area contributed by atoms with E-state index in [1.54, 1.807) is 12.1 Å². The van der Waals surface area contributed by atoms with E-state index in [1.807, 2.05) is 49.4 Å². The Kier molecular flexibility index (Phi) is 6.48. The van der Waals surface area contributed by atoms with Crippen LogP contribution in [0, 0.1) is 0 Å². The van der Waals surface area contributed by atoms with Crippen LogP contribution in [0.2, 0.25) is 0 Å². The van der Waals surface area contributed by atoms with Crippen LogP contribution in [-0.2, 0) is 11.0 Å². The first-order chi connectivity index (χ1) is 17.3. The third kappa shape index (κ3) is 4.70. The van der Waals surface area contributed by atoms with Crippen molar-refractivity contribution in [3.8, 4) is 5.75 Å². The number of rotatable bonds is 5. The molecule has 0 fully saturated rings. The van der Waals surface area contributed by atoms with Crippen LogP contribution < -0.4 is 15.4 Å². The Labute approximate surface area is 208 Å². The third-order valence-electron chi connectivity index (χ3n) is 6.71. The van der Waals surface area contributed by atoms with Crippen LogP contribution in [0.25, 0.3) is 0 Å². The number of hydrogen-bond acceptors (Lipinski definition) is 4. The molecule has 0 spiro atoms. The summed E-state index contributed by atoms with van der Waals surface area (Å²) < 4.78 is 47.6. The molecule has 7 heteroatoms. The second-order valence-electron chi connectivity index (χ2n) is 9.17. The van der Waals surface area contributed by atoms with Crippen molar-refractivity contribution in [1.82, 2.24) is 0 Å². The summed E-state index contributed by atoms with van der Waals surface area (Å²) in [5.74, 6) is 0.521. The Balaban J connectivity index is 1.56. The first kappa shape index (κ1) is 24.0. The van der Waals surface area contributed by atoms with E-state index in [2.05, 4.69) is 10.6 Å². The molecule has 0 saturated carbocycles. The van der Waals surface area contributed by atoms with E-state index in [0.717, 1.165) is 29.5 Å². The molecule has 1 aliphatic carbocycles. The summed E-state index contributed by atoms with van der Waals surface area (Å²) in [6.45, 7) is 2.68. The summed E-state index contributed by atoms with van der Waals surface area (Å²) in [6.07, 6.45) is -2.90. The summed E-state index contributed by atoms with van der Waals surface area (Å²) in [5.41, 5.74) is 2.69. The van der Waals surface area contributed by atoms with Crippen LogP contribution in [-0.4, -0.2) is 12.4 Å². The van der Waals surface area contributed by atoms with Crippen LogP contribution in [0.15, 0.2) is 84.1 Å². The number of hydrogen-bond donors (Lipinski definition) is 2. The lowest BCUT2D eigenvalue weighted by atomic mass is 9.78. The molecule has 2 atom stereocenters. The summed E-state index contributed by atoms with van der Waals surface area (Å²) in [7, 11) is 0. The quantitative estimate of drug-likeness (QED) is 0.388. The maximum absolute atomic E-state index is 14.0. The average Bonchev–Trinajstić information content (AvgIpc) is 3.04. The second-order valence-corrected chi connectivity index (χ2v) is 9.17. The van der Waals surface area contributed by atoms with Crippen LogP contribution in [0.3, 0.4) is 0 Å².